The average molecular weight is 300 g/mol. The Kier molecular flexibility index (Phi) is 3.14. The van der Waals surface area contributed by atoms with E-state index in [2.05, 4.69) is 21.2 Å². The Balaban J connectivity index is 2.28. The second-order valence-corrected chi connectivity index (χ2v) is 4.05. The number of carboxylic acids is 1. The van der Waals surface area contributed by atoms with Gasteiger partial charge in [-0.3, -0.25) is 0 Å². The summed E-state index contributed by atoms with van der Waals surface area (Å²) in [4.78, 5) is 10.6. The maximum Gasteiger partial charge on any atom is 0.371 e. The molecule has 0 aliphatic heterocycles. The summed E-state index contributed by atoms with van der Waals surface area (Å²) in [5, 5.41) is 11.3. The minimum atomic E-state index is -1.18. The van der Waals surface area contributed by atoms with Crippen LogP contribution in [0.15, 0.2) is 39.2 Å². The first kappa shape index (κ1) is 11.7. The molecule has 0 aliphatic rings. The third-order valence-electron chi connectivity index (χ3n) is 2.03. The van der Waals surface area contributed by atoms with Gasteiger partial charge in [0, 0.05) is 10.5 Å². The van der Waals surface area contributed by atoms with E-state index in [9.17, 15) is 9.18 Å². The van der Waals surface area contributed by atoms with Crippen molar-refractivity contribution in [1.29, 1.82) is 0 Å². The van der Waals surface area contributed by atoms with Gasteiger partial charge in [0.25, 0.3) is 0 Å². The van der Waals surface area contributed by atoms with Crippen LogP contribution in [0.25, 0.3) is 0 Å². The number of halogens is 2. The first-order valence-corrected chi connectivity index (χ1v) is 5.41. The van der Waals surface area contributed by atoms with Crippen molar-refractivity contribution >= 4 is 33.5 Å². The van der Waals surface area contributed by atoms with Gasteiger partial charge in [-0.2, -0.15) is 0 Å². The molecule has 0 amide bonds. The van der Waals surface area contributed by atoms with Gasteiger partial charge in [0.2, 0.25) is 5.76 Å². The summed E-state index contributed by atoms with van der Waals surface area (Å²) in [6, 6.07) is 7.21. The first-order valence-electron chi connectivity index (χ1n) is 4.62. The number of furan rings is 1. The zero-order valence-electron chi connectivity index (χ0n) is 8.41. The van der Waals surface area contributed by atoms with Crippen molar-refractivity contribution < 1.29 is 18.7 Å². The lowest BCUT2D eigenvalue weighted by Gasteiger charge is -2.06. The van der Waals surface area contributed by atoms with Gasteiger partial charge in [0.05, 0.1) is 5.69 Å². The molecule has 2 rings (SSSR count). The molecule has 0 radical (unpaired) electrons. The summed E-state index contributed by atoms with van der Waals surface area (Å²) in [5.74, 6) is -1.69. The number of para-hydroxylation sites is 1. The van der Waals surface area contributed by atoms with Gasteiger partial charge in [0.15, 0.2) is 5.88 Å². The van der Waals surface area contributed by atoms with Crippen molar-refractivity contribution in [3.05, 3.63) is 46.4 Å². The molecule has 0 saturated heterocycles. The molecule has 0 atom stereocenters. The molecule has 0 aliphatic carbocycles. The van der Waals surface area contributed by atoms with Gasteiger partial charge in [-0.1, -0.05) is 6.07 Å². The summed E-state index contributed by atoms with van der Waals surface area (Å²) in [6.07, 6.45) is 0. The van der Waals surface area contributed by atoms with Crippen molar-refractivity contribution in [2.24, 2.45) is 0 Å². The van der Waals surface area contributed by atoms with Crippen molar-refractivity contribution in [3.63, 3.8) is 0 Å². The molecular formula is C11H7BrFNO3. The van der Waals surface area contributed by atoms with Gasteiger partial charge < -0.3 is 14.8 Å². The molecule has 2 N–H and O–H groups in total. The van der Waals surface area contributed by atoms with Crippen LogP contribution in [0.4, 0.5) is 16.0 Å². The molecule has 1 heterocycles. The Hall–Kier alpha value is -1.82. The van der Waals surface area contributed by atoms with Crippen LogP contribution in [0.5, 0.6) is 0 Å². The number of carbonyl (C=O) groups is 1. The molecule has 2 aromatic rings. The fourth-order valence-corrected chi connectivity index (χ4v) is 1.70. The summed E-state index contributed by atoms with van der Waals surface area (Å²) in [5.41, 5.74) is 0.193. The van der Waals surface area contributed by atoms with Crippen molar-refractivity contribution in [2.45, 2.75) is 0 Å². The Morgan fingerprint density at radius 3 is 2.71 bits per heavy atom. The van der Waals surface area contributed by atoms with Crippen molar-refractivity contribution in [3.8, 4) is 0 Å². The van der Waals surface area contributed by atoms with Crippen molar-refractivity contribution in [2.75, 3.05) is 5.32 Å². The van der Waals surface area contributed by atoms with Crippen LogP contribution in [0.1, 0.15) is 10.6 Å². The average Bonchev–Trinajstić information content (AvgIpc) is 2.72. The highest BCUT2D eigenvalue weighted by Gasteiger charge is 2.12. The van der Waals surface area contributed by atoms with Gasteiger partial charge in [-0.25, -0.2) is 9.18 Å². The maximum absolute atomic E-state index is 13.5. The molecule has 88 valence electrons. The Bertz CT molecular complexity index is 547. The Morgan fingerprint density at radius 1 is 1.35 bits per heavy atom. The first-order chi connectivity index (χ1) is 8.08. The van der Waals surface area contributed by atoms with Crippen LogP contribution in [-0.2, 0) is 0 Å². The number of aromatic carboxylic acids is 1. The van der Waals surface area contributed by atoms with E-state index in [1.165, 1.54) is 18.2 Å². The topological polar surface area (TPSA) is 62.5 Å². The van der Waals surface area contributed by atoms with Crippen LogP contribution in [0, 0.1) is 5.82 Å². The Morgan fingerprint density at radius 2 is 2.12 bits per heavy atom. The third-order valence-corrected chi connectivity index (χ3v) is 2.69. The highest BCUT2D eigenvalue weighted by Crippen LogP contribution is 2.29. The van der Waals surface area contributed by atoms with Gasteiger partial charge in [-0.05, 0) is 34.1 Å². The lowest BCUT2D eigenvalue weighted by molar-refractivity contribution is 0.0663. The summed E-state index contributed by atoms with van der Waals surface area (Å²) < 4.78 is 18.9. The molecule has 17 heavy (non-hydrogen) atoms. The Labute approximate surface area is 104 Å². The van der Waals surface area contributed by atoms with Crippen molar-refractivity contribution in [1.82, 2.24) is 0 Å². The zero-order chi connectivity index (χ0) is 12.4. The molecule has 0 spiro atoms. The largest absolute Gasteiger partial charge is 0.475 e. The van der Waals surface area contributed by atoms with Crippen LogP contribution in [0.3, 0.4) is 0 Å². The lowest BCUT2D eigenvalue weighted by Crippen LogP contribution is -1.94. The van der Waals surface area contributed by atoms with Gasteiger partial charge in [-0.15, -0.1) is 0 Å². The summed E-state index contributed by atoms with van der Waals surface area (Å²) in [6.45, 7) is 0. The SMILES string of the molecule is O=C(O)c1ccc(Nc2c(F)cccc2Br)o1. The third kappa shape index (κ3) is 2.47. The second-order valence-electron chi connectivity index (χ2n) is 3.19. The number of hydrogen-bond donors (Lipinski definition) is 2. The van der Waals surface area contributed by atoms with E-state index < -0.39 is 11.8 Å². The number of nitrogens with one attached hydrogen (secondary N) is 1. The molecule has 6 heteroatoms. The fraction of sp³-hybridized carbons (Fsp3) is 0. The quantitative estimate of drug-likeness (QED) is 0.908. The van der Waals surface area contributed by atoms with E-state index in [1.807, 2.05) is 0 Å². The minimum absolute atomic E-state index is 0.160. The van der Waals surface area contributed by atoms with E-state index >= 15 is 0 Å². The van der Waals surface area contributed by atoms with E-state index in [4.69, 9.17) is 9.52 Å². The smallest absolute Gasteiger partial charge is 0.371 e. The van der Waals surface area contributed by atoms with Gasteiger partial charge >= 0.3 is 5.97 Å². The van der Waals surface area contributed by atoms with E-state index in [0.717, 1.165) is 0 Å². The molecule has 1 aromatic heterocycles. The number of hydrogen-bond acceptors (Lipinski definition) is 3. The van der Waals surface area contributed by atoms with Crippen LogP contribution < -0.4 is 5.32 Å². The summed E-state index contributed by atoms with van der Waals surface area (Å²) >= 11 is 3.18. The number of benzene rings is 1. The normalized spacial score (nSPS) is 10.2. The zero-order valence-corrected chi connectivity index (χ0v) is 9.99. The molecule has 0 saturated carbocycles. The van der Waals surface area contributed by atoms with Crippen LogP contribution in [-0.4, -0.2) is 11.1 Å². The molecular weight excluding hydrogens is 293 g/mol. The number of anilines is 2. The number of carboxylic acid groups (broad SMARTS) is 1. The number of rotatable bonds is 3. The highest BCUT2D eigenvalue weighted by molar-refractivity contribution is 9.10. The predicted octanol–water partition coefficient (Wildman–Crippen LogP) is 3.62. The van der Waals surface area contributed by atoms with Crippen LogP contribution in [0.2, 0.25) is 0 Å². The predicted molar refractivity (Wildman–Crippen MR) is 63.1 cm³/mol. The van der Waals surface area contributed by atoms with E-state index in [0.29, 0.717) is 4.47 Å². The van der Waals surface area contributed by atoms with E-state index in [-0.39, 0.29) is 17.3 Å². The van der Waals surface area contributed by atoms with Gasteiger partial charge in [0.1, 0.15) is 5.82 Å². The molecule has 4 nitrogen and oxygen atoms in total. The molecule has 1 aromatic carbocycles. The fourth-order valence-electron chi connectivity index (χ4n) is 1.26. The molecule has 0 bridgehead atoms. The summed E-state index contributed by atoms with van der Waals surface area (Å²) in [7, 11) is 0. The highest BCUT2D eigenvalue weighted by atomic mass is 79.9. The standard InChI is InChI=1S/C11H7BrFNO3/c12-6-2-1-3-7(13)10(6)14-9-5-4-8(17-9)11(15)16/h1-5,14H,(H,15,16). The molecule has 0 unspecified atom stereocenters. The molecule has 0 fully saturated rings. The van der Waals surface area contributed by atoms with Crippen LogP contribution >= 0.6 is 15.9 Å². The maximum atomic E-state index is 13.5. The van der Waals surface area contributed by atoms with E-state index in [1.54, 1.807) is 12.1 Å². The second kappa shape index (κ2) is 4.58. The minimum Gasteiger partial charge on any atom is -0.475 e. The lowest BCUT2D eigenvalue weighted by atomic mass is 10.3. The monoisotopic (exact) mass is 299 g/mol.